The summed E-state index contributed by atoms with van der Waals surface area (Å²) in [7, 11) is 0. The van der Waals surface area contributed by atoms with E-state index in [1.54, 1.807) is 4.90 Å². The van der Waals surface area contributed by atoms with Gasteiger partial charge in [0.1, 0.15) is 10.8 Å². The van der Waals surface area contributed by atoms with Crippen LogP contribution in [0.25, 0.3) is 0 Å². The third-order valence-electron chi connectivity index (χ3n) is 2.69. The van der Waals surface area contributed by atoms with Crippen molar-refractivity contribution in [2.45, 2.75) is 6.42 Å². The predicted octanol–water partition coefficient (Wildman–Crippen LogP) is 1.86. The minimum atomic E-state index is -0.572. The van der Waals surface area contributed by atoms with Crippen molar-refractivity contribution >= 4 is 23.2 Å². The summed E-state index contributed by atoms with van der Waals surface area (Å²) in [5.74, 6) is 0.259. The highest BCUT2D eigenvalue weighted by Crippen LogP contribution is 2.28. The molecule has 18 heavy (non-hydrogen) atoms. The number of amides is 1. The van der Waals surface area contributed by atoms with Crippen LogP contribution in [-0.4, -0.2) is 35.4 Å². The second-order valence-corrected chi connectivity index (χ2v) is 4.30. The number of likely N-dealkylation sites (tertiary alicyclic amines) is 1. The van der Waals surface area contributed by atoms with Crippen molar-refractivity contribution in [3.63, 3.8) is 0 Å². The molecule has 2 rings (SSSR count). The lowest BCUT2D eigenvalue weighted by Crippen LogP contribution is -2.44. The molecule has 0 atom stereocenters. The second kappa shape index (κ2) is 5.22. The van der Waals surface area contributed by atoms with E-state index in [1.165, 1.54) is 18.2 Å². The van der Waals surface area contributed by atoms with Gasteiger partial charge in [0.2, 0.25) is 0 Å². The van der Waals surface area contributed by atoms with Crippen molar-refractivity contribution in [2.24, 2.45) is 0 Å². The van der Waals surface area contributed by atoms with Crippen molar-refractivity contribution in [2.75, 3.05) is 19.7 Å². The van der Waals surface area contributed by atoms with Crippen LogP contribution < -0.4 is 4.74 Å². The Balaban J connectivity index is 1.95. The van der Waals surface area contributed by atoms with Gasteiger partial charge in [-0.05, 0) is 12.5 Å². The van der Waals surface area contributed by atoms with Crippen LogP contribution in [0, 0.1) is 10.1 Å². The molecule has 0 radical (unpaired) electrons. The molecule has 6 nitrogen and oxygen atoms in total. The molecule has 1 fully saturated rings. The van der Waals surface area contributed by atoms with Crippen LogP contribution >= 0.6 is 11.6 Å². The van der Waals surface area contributed by atoms with Crippen LogP contribution in [0.4, 0.5) is 5.69 Å². The number of benzene rings is 1. The number of hydrogen-bond acceptors (Lipinski definition) is 4. The fourth-order valence-corrected chi connectivity index (χ4v) is 1.77. The molecular formula is C11H11ClN2O4. The molecule has 1 heterocycles. The maximum Gasteiger partial charge on any atom is 0.288 e. The van der Waals surface area contributed by atoms with Gasteiger partial charge in [0.05, 0.1) is 4.92 Å². The summed E-state index contributed by atoms with van der Waals surface area (Å²) in [5.41, 5.74) is -0.182. The van der Waals surface area contributed by atoms with Gasteiger partial charge < -0.3 is 9.64 Å². The molecule has 1 saturated heterocycles. The smallest absolute Gasteiger partial charge is 0.288 e. The fraction of sp³-hybridized carbons (Fsp3) is 0.364. The number of rotatable bonds is 4. The number of hydrogen-bond donors (Lipinski definition) is 0. The van der Waals surface area contributed by atoms with E-state index in [0.29, 0.717) is 5.75 Å². The fourth-order valence-electron chi connectivity index (χ4n) is 1.53. The first-order chi connectivity index (χ1) is 8.58. The molecule has 0 unspecified atom stereocenters. The van der Waals surface area contributed by atoms with Crippen LogP contribution in [0.2, 0.25) is 5.02 Å². The van der Waals surface area contributed by atoms with Crippen molar-refractivity contribution in [1.82, 2.24) is 4.90 Å². The molecule has 1 amide bonds. The van der Waals surface area contributed by atoms with Crippen molar-refractivity contribution in [3.05, 3.63) is 33.3 Å². The maximum absolute atomic E-state index is 11.5. The van der Waals surface area contributed by atoms with Crippen LogP contribution in [0.5, 0.6) is 5.75 Å². The summed E-state index contributed by atoms with van der Waals surface area (Å²) in [4.78, 5) is 23.2. The molecule has 7 heteroatoms. The summed E-state index contributed by atoms with van der Waals surface area (Å²) < 4.78 is 5.24. The molecule has 0 bridgehead atoms. The summed E-state index contributed by atoms with van der Waals surface area (Å²) >= 11 is 5.72. The van der Waals surface area contributed by atoms with E-state index in [2.05, 4.69) is 0 Å². The molecular weight excluding hydrogens is 260 g/mol. The zero-order chi connectivity index (χ0) is 13.1. The van der Waals surface area contributed by atoms with E-state index in [9.17, 15) is 14.9 Å². The molecule has 1 aromatic rings. The van der Waals surface area contributed by atoms with Gasteiger partial charge in [-0.25, -0.2) is 0 Å². The summed E-state index contributed by atoms with van der Waals surface area (Å²) in [6.07, 6.45) is 1.02. The largest absolute Gasteiger partial charge is 0.484 e. The third kappa shape index (κ3) is 2.70. The Labute approximate surface area is 108 Å². The minimum absolute atomic E-state index is 0.00565. The molecule has 96 valence electrons. The Morgan fingerprint density at radius 1 is 1.50 bits per heavy atom. The zero-order valence-electron chi connectivity index (χ0n) is 9.47. The second-order valence-electron chi connectivity index (χ2n) is 3.89. The third-order valence-corrected chi connectivity index (χ3v) is 2.99. The normalized spacial score (nSPS) is 13.9. The number of nitrogens with zero attached hydrogens (tertiary/aromatic N) is 2. The highest BCUT2D eigenvalue weighted by molar-refractivity contribution is 6.32. The van der Waals surface area contributed by atoms with Crippen molar-refractivity contribution in [3.8, 4) is 5.75 Å². The Kier molecular flexibility index (Phi) is 3.66. The SMILES string of the molecule is O=C(COc1ccc([N+](=O)[O-])c(Cl)c1)N1CCC1. The summed E-state index contributed by atoms with van der Waals surface area (Å²) in [6.45, 7) is 1.46. The van der Waals surface area contributed by atoms with Gasteiger partial charge in [-0.2, -0.15) is 0 Å². The van der Waals surface area contributed by atoms with Crippen LogP contribution in [0.15, 0.2) is 18.2 Å². The van der Waals surface area contributed by atoms with E-state index in [4.69, 9.17) is 16.3 Å². The Morgan fingerprint density at radius 3 is 2.72 bits per heavy atom. The zero-order valence-corrected chi connectivity index (χ0v) is 10.2. The van der Waals surface area contributed by atoms with Crippen molar-refractivity contribution < 1.29 is 14.5 Å². The standard InChI is InChI=1S/C11H11ClN2O4/c12-9-6-8(2-3-10(9)14(16)17)18-7-11(15)13-4-1-5-13/h2-3,6H,1,4-5,7H2. The summed E-state index contributed by atoms with van der Waals surface area (Å²) in [5, 5.41) is 10.5. The number of ether oxygens (including phenoxy) is 1. The van der Waals surface area contributed by atoms with E-state index < -0.39 is 4.92 Å². The Bertz CT molecular complexity index is 488. The van der Waals surface area contributed by atoms with Gasteiger partial charge >= 0.3 is 0 Å². The van der Waals surface area contributed by atoms with Crippen LogP contribution in [0.3, 0.4) is 0 Å². The number of carbonyl (C=O) groups excluding carboxylic acids is 1. The molecule has 1 aliphatic heterocycles. The van der Waals surface area contributed by atoms with Gasteiger partial charge in [0.15, 0.2) is 6.61 Å². The van der Waals surface area contributed by atoms with E-state index in [1.807, 2.05) is 0 Å². The lowest BCUT2D eigenvalue weighted by Gasteiger charge is -2.30. The van der Waals surface area contributed by atoms with Gasteiger partial charge in [-0.3, -0.25) is 14.9 Å². The van der Waals surface area contributed by atoms with Crippen LogP contribution in [-0.2, 0) is 4.79 Å². The lowest BCUT2D eigenvalue weighted by molar-refractivity contribution is -0.384. The molecule has 0 N–H and O–H groups in total. The first-order valence-corrected chi connectivity index (χ1v) is 5.80. The Hall–Kier alpha value is -1.82. The molecule has 0 aliphatic carbocycles. The van der Waals surface area contributed by atoms with Gasteiger partial charge in [0, 0.05) is 25.2 Å². The topological polar surface area (TPSA) is 72.7 Å². The molecule has 1 aromatic carbocycles. The number of carbonyl (C=O) groups is 1. The summed E-state index contributed by atoms with van der Waals surface area (Å²) in [6, 6.07) is 4.02. The highest BCUT2D eigenvalue weighted by atomic mass is 35.5. The first kappa shape index (κ1) is 12.6. The van der Waals surface area contributed by atoms with Crippen LogP contribution in [0.1, 0.15) is 6.42 Å². The average Bonchev–Trinajstić information content (AvgIpc) is 2.23. The number of nitro benzene ring substituents is 1. The van der Waals surface area contributed by atoms with Gasteiger partial charge in [-0.1, -0.05) is 11.6 Å². The molecule has 0 saturated carbocycles. The predicted molar refractivity (Wildman–Crippen MR) is 64.8 cm³/mol. The average molecular weight is 271 g/mol. The number of nitro groups is 1. The van der Waals surface area contributed by atoms with Crippen molar-refractivity contribution in [1.29, 1.82) is 0 Å². The lowest BCUT2D eigenvalue weighted by atomic mass is 10.2. The quantitative estimate of drug-likeness (QED) is 0.618. The minimum Gasteiger partial charge on any atom is -0.484 e. The van der Waals surface area contributed by atoms with E-state index in [0.717, 1.165) is 19.5 Å². The van der Waals surface area contributed by atoms with Gasteiger partial charge in [-0.15, -0.1) is 0 Å². The molecule has 1 aliphatic rings. The van der Waals surface area contributed by atoms with E-state index in [-0.39, 0.29) is 23.2 Å². The highest BCUT2D eigenvalue weighted by Gasteiger charge is 2.20. The van der Waals surface area contributed by atoms with Gasteiger partial charge in [0.25, 0.3) is 11.6 Å². The first-order valence-electron chi connectivity index (χ1n) is 5.42. The number of halogens is 1. The monoisotopic (exact) mass is 270 g/mol. The molecule has 0 spiro atoms. The van der Waals surface area contributed by atoms with E-state index >= 15 is 0 Å². The molecule has 0 aromatic heterocycles. The Morgan fingerprint density at radius 2 is 2.22 bits per heavy atom. The maximum atomic E-state index is 11.5.